The fourth-order valence-electron chi connectivity index (χ4n) is 2.48. The van der Waals surface area contributed by atoms with Crippen LogP contribution in [0.1, 0.15) is 46.5 Å². The summed E-state index contributed by atoms with van der Waals surface area (Å²) in [5.41, 5.74) is 0. The summed E-state index contributed by atoms with van der Waals surface area (Å²) in [5.74, 6) is 0.731. The van der Waals surface area contributed by atoms with Crippen LogP contribution in [-0.4, -0.2) is 35.2 Å². The zero-order chi connectivity index (χ0) is 10.6. The summed E-state index contributed by atoms with van der Waals surface area (Å²) in [6, 6.07) is 0.631. The van der Waals surface area contributed by atoms with Gasteiger partial charge in [-0.2, -0.15) is 0 Å². The lowest BCUT2D eigenvalue weighted by molar-refractivity contribution is 0.0589. The van der Waals surface area contributed by atoms with Crippen LogP contribution >= 0.6 is 0 Å². The van der Waals surface area contributed by atoms with Gasteiger partial charge in [0.25, 0.3) is 0 Å². The normalized spacial score (nSPS) is 28.7. The van der Waals surface area contributed by atoms with Crippen LogP contribution in [0.2, 0.25) is 0 Å². The molecule has 1 aliphatic rings. The van der Waals surface area contributed by atoms with Gasteiger partial charge in [-0.25, -0.2) is 0 Å². The zero-order valence-corrected chi connectivity index (χ0v) is 9.87. The van der Waals surface area contributed by atoms with Crippen molar-refractivity contribution in [2.75, 3.05) is 13.1 Å². The van der Waals surface area contributed by atoms with Gasteiger partial charge < -0.3 is 10.0 Å². The smallest absolute Gasteiger partial charge is 0.0555 e. The summed E-state index contributed by atoms with van der Waals surface area (Å²) in [6.45, 7) is 9.05. The fraction of sp³-hybridized carbons (Fsp3) is 1.00. The highest BCUT2D eigenvalue weighted by molar-refractivity contribution is 4.80. The lowest BCUT2D eigenvalue weighted by Crippen LogP contribution is -2.41. The predicted molar refractivity (Wildman–Crippen MR) is 60.3 cm³/mol. The van der Waals surface area contributed by atoms with E-state index in [4.69, 9.17) is 0 Å². The Balaban J connectivity index is 2.42. The second-order valence-electron chi connectivity index (χ2n) is 4.96. The van der Waals surface area contributed by atoms with Gasteiger partial charge in [0.15, 0.2) is 0 Å². The highest BCUT2D eigenvalue weighted by Gasteiger charge is 2.24. The highest BCUT2D eigenvalue weighted by Crippen LogP contribution is 2.23. The molecule has 0 saturated heterocycles. The van der Waals surface area contributed by atoms with Crippen LogP contribution in [0.3, 0.4) is 0 Å². The van der Waals surface area contributed by atoms with Crippen molar-refractivity contribution >= 4 is 0 Å². The van der Waals surface area contributed by atoms with Crippen LogP contribution in [0.4, 0.5) is 0 Å². The number of aliphatic hydroxyl groups is 1. The third-order valence-corrected chi connectivity index (χ3v) is 3.14. The minimum absolute atomic E-state index is 0.0463. The summed E-state index contributed by atoms with van der Waals surface area (Å²) in [7, 11) is 0. The molecule has 2 nitrogen and oxygen atoms in total. The molecule has 1 N–H and O–H groups in total. The summed E-state index contributed by atoms with van der Waals surface area (Å²) < 4.78 is 0. The molecule has 0 aromatic heterocycles. The molecule has 0 bridgehead atoms. The van der Waals surface area contributed by atoms with Crippen molar-refractivity contribution < 1.29 is 5.11 Å². The molecule has 0 amide bonds. The number of nitrogens with zero attached hydrogens (tertiary/aromatic N) is 1. The van der Waals surface area contributed by atoms with Gasteiger partial charge in [-0.15, -0.1) is 0 Å². The number of hydrogen-bond acceptors (Lipinski definition) is 2. The van der Waals surface area contributed by atoms with Crippen LogP contribution in [0.15, 0.2) is 0 Å². The first kappa shape index (κ1) is 12.0. The molecule has 0 aromatic carbocycles. The molecule has 2 atom stereocenters. The van der Waals surface area contributed by atoms with Crippen LogP contribution < -0.4 is 0 Å². The van der Waals surface area contributed by atoms with Gasteiger partial charge in [-0.3, -0.25) is 0 Å². The summed E-state index contributed by atoms with van der Waals surface area (Å²) in [4.78, 5) is 2.53. The van der Waals surface area contributed by atoms with Gasteiger partial charge in [0.2, 0.25) is 0 Å². The maximum absolute atomic E-state index is 9.63. The summed E-state index contributed by atoms with van der Waals surface area (Å²) >= 11 is 0. The van der Waals surface area contributed by atoms with E-state index in [0.29, 0.717) is 6.04 Å². The third kappa shape index (κ3) is 3.58. The van der Waals surface area contributed by atoms with Gasteiger partial charge in [-0.05, 0) is 38.1 Å². The average Bonchev–Trinajstić information content (AvgIpc) is 2.14. The Kier molecular flexibility index (Phi) is 4.90. The van der Waals surface area contributed by atoms with E-state index in [9.17, 15) is 5.11 Å². The second-order valence-corrected chi connectivity index (χ2v) is 4.96. The molecular formula is C12H25NO. The molecule has 1 saturated carbocycles. The van der Waals surface area contributed by atoms with Crippen molar-refractivity contribution in [3.63, 3.8) is 0 Å². The monoisotopic (exact) mass is 199 g/mol. The Bertz CT molecular complexity index is 156. The molecule has 0 radical (unpaired) electrons. The van der Waals surface area contributed by atoms with Crippen molar-refractivity contribution in [1.29, 1.82) is 0 Å². The van der Waals surface area contributed by atoms with E-state index in [0.717, 1.165) is 25.3 Å². The van der Waals surface area contributed by atoms with Crippen molar-refractivity contribution in [2.24, 2.45) is 5.92 Å². The second kappa shape index (κ2) is 5.72. The average molecular weight is 199 g/mol. The minimum Gasteiger partial charge on any atom is -0.393 e. The molecule has 2 unspecified atom stereocenters. The zero-order valence-electron chi connectivity index (χ0n) is 9.87. The molecular weight excluding hydrogens is 174 g/mol. The van der Waals surface area contributed by atoms with E-state index in [2.05, 4.69) is 25.7 Å². The predicted octanol–water partition coefficient (Wildman–Crippen LogP) is 2.27. The van der Waals surface area contributed by atoms with Crippen molar-refractivity contribution in [2.45, 2.75) is 58.6 Å². The molecule has 0 aromatic rings. The van der Waals surface area contributed by atoms with Crippen molar-refractivity contribution in [3.05, 3.63) is 0 Å². The van der Waals surface area contributed by atoms with E-state index < -0.39 is 0 Å². The van der Waals surface area contributed by atoms with Gasteiger partial charge in [-0.1, -0.05) is 20.8 Å². The fourth-order valence-corrected chi connectivity index (χ4v) is 2.48. The molecule has 1 fully saturated rings. The Morgan fingerprint density at radius 1 is 1.36 bits per heavy atom. The molecule has 1 aliphatic carbocycles. The van der Waals surface area contributed by atoms with Crippen molar-refractivity contribution in [1.82, 2.24) is 4.90 Å². The number of aliphatic hydroxyl groups excluding tert-OH is 1. The first-order valence-corrected chi connectivity index (χ1v) is 6.05. The molecule has 0 heterocycles. The first-order chi connectivity index (χ1) is 6.63. The van der Waals surface area contributed by atoms with E-state index in [1.165, 1.54) is 19.4 Å². The minimum atomic E-state index is -0.0463. The van der Waals surface area contributed by atoms with E-state index in [1.807, 2.05) is 0 Å². The Morgan fingerprint density at radius 3 is 2.57 bits per heavy atom. The molecule has 84 valence electrons. The summed E-state index contributed by atoms with van der Waals surface area (Å²) in [6.07, 6.45) is 4.42. The molecule has 1 rings (SSSR count). The Morgan fingerprint density at radius 2 is 2.07 bits per heavy atom. The summed E-state index contributed by atoms with van der Waals surface area (Å²) in [5, 5.41) is 9.63. The van der Waals surface area contributed by atoms with E-state index >= 15 is 0 Å². The van der Waals surface area contributed by atoms with Crippen LogP contribution in [0, 0.1) is 5.92 Å². The van der Waals surface area contributed by atoms with E-state index in [1.54, 1.807) is 0 Å². The number of rotatable bonds is 4. The molecule has 2 heteroatoms. The topological polar surface area (TPSA) is 23.5 Å². The standard InChI is InChI=1S/C12H25NO/c1-4-13(9-10(2)3)11-6-5-7-12(14)8-11/h10-12,14H,4-9H2,1-3H3. The molecule has 0 aliphatic heterocycles. The lowest BCUT2D eigenvalue weighted by atomic mass is 9.91. The van der Waals surface area contributed by atoms with Gasteiger partial charge >= 0.3 is 0 Å². The lowest BCUT2D eigenvalue weighted by Gasteiger charge is -2.36. The van der Waals surface area contributed by atoms with E-state index in [-0.39, 0.29) is 6.10 Å². The largest absolute Gasteiger partial charge is 0.393 e. The van der Waals surface area contributed by atoms with Crippen LogP contribution in [-0.2, 0) is 0 Å². The van der Waals surface area contributed by atoms with Crippen molar-refractivity contribution in [3.8, 4) is 0 Å². The maximum atomic E-state index is 9.63. The molecule has 0 spiro atoms. The maximum Gasteiger partial charge on any atom is 0.0555 e. The quantitative estimate of drug-likeness (QED) is 0.751. The third-order valence-electron chi connectivity index (χ3n) is 3.14. The molecule has 14 heavy (non-hydrogen) atoms. The van der Waals surface area contributed by atoms with Crippen LogP contribution in [0.5, 0.6) is 0 Å². The van der Waals surface area contributed by atoms with Gasteiger partial charge in [0, 0.05) is 12.6 Å². The van der Waals surface area contributed by atoms with Gasteiger partial charge in [0.1, 0.15) is 0 Å². The Hall–Kier alpha value is -0.0800. The Labute approximate surface area is 88.3 Å². The highest BCUT2D eigenvalue weighted by atomic mass is 16.3. The van der Waals surface area contributed by atoms with Gasteiger partial charge in [0.05, 0.1) is 6.10 Å². The SMILES string of the molecule is CCN(CC(C)C)C1CCCC(O)C1. The van der Waals surface area contributed by atoms with Crippen LogP contribution in [0.25, 0.3) is 0 Å². The number of hydrogen-bond donors (Lipinski definition) is 1. The first-order valence-electron chi connectivity index (χ1n) is 6.05.